The molecule has 0 aliphatic carbocycles. The minimum absolute atomic E-state index is 0.251. The summed E-state index contributed by atoms with van der Waals surface area (Å²) in [5.41, 5.74) is 0.824. The van der Waals surface area contributed by atoms with E-state index in [1.165, 1.54) is 12.1 Å². The van der Waals surface area contributed by atoms with Crippen molar-refractivity contribution in [3.05, 3.63) is 30.1 Å². The second-order valence-corrected chi connectivity index (χ2v) is 4.03. The van der Waals surface area contributed by atoms with Gasteiger partial charge in [0.2, 0.25) is 0 Å². The van der Waals surface area contributed by atoms with Crippen LogP contribution in [0.4, 0.5) is 10.1 Å². The van der Waals surface area contributed by atoms with Gasteiger partial charge in [0.15, 0.2) is 0 Å². The van der Waals surface area contributed by atoms with Gasteiger partial charge in [0.25, 0.3) is 0 Å². The highest BCUT2D eigenvalue weighted by molar-refractivity contribution is 5.42. The molecule has 0 bridgehead atoms. The molecule has 4 heteroatoms. The summed E-state index contributed by atoms with van der Waals surface area (Å²) < 4.78 is 12.7. The number of hydrogen-bond donors (Lipinski definition) is 2. The summed E-state index contributed by atoms with van der Waals surface area (Å²) in [5.74, 6) is -0.251. The highest BCUT2D eigenvalue weighted by atomic mass is 19.1. The summed E-state index contributed by atoms with van der Waals surface area (Å²) in [4.78, 5) is 2.16. The SMILES string of the molecule is CCN(CC)CC(O)CNc1ccc(F)cc1. The Balaban J connectivity index is 2.32. The van der Waals surface area contributed by atoms with Crippen LogP contribution in [0.2, 0.25) is 0 Å². The summed E-state index contributed by atoms with van der Waals surface area (Å²) in [6, 6.07) is 6.14. The Bertz CT molecular complexity index is 312. The number of nitrogens with zero attached hydrogens (tertiary/aromatic N) is 1. The van der Waals surface area contributed by atoms with Crippen LogP contribution in [0.3, 0.4) is 0 Å². The predicted molar refractivity (Wildman–Crippen MR) is 68.7 cm³/mol. The lowest BCUT2D eigenvalue weighted by molar-refractivity contribution is 0.128. The van der Waals surface area contributed by atoms with Crippen LogP contribution in [0.1, 0.15) is 13.8 Å². The first-order chi connectivity index (χ1) is 8.15. The Morgan fingerprint density at radius 1 is 1.24 bits per heavy atom. The summed E-state index contributed by atoms with van der Waals surface area (Å²) in [6.45, 7) is 7.14. The number of nitrogens with one attached hydrogen (secondary N) is 1. The third kappa shape index (κ3) is 5.15. The number of aliphatic hydroxyl groups excluding tert-OH is 1. The van der Waals surface area contributed by atoms with Gasteiger partial charge in [-0.2, -0.15) is 0 Å². The number of anilines is 1. The Labute approximate surface area is 102 Å². The van der Waals surface area contributed by atoms with Gasteiger partial charge in [0, 0.05) is 18.8 Å². The van der Waals surface area contributed by atoms with Gasteiger partial charge in [-0.3, -0.25) is 0 Å². The molecular formula is C13H21FN2O. The highest BCUT2D eigenvalue weighted by Crippen LogP contribution is 2.08. The van der Waals surface area contributed by atoms with Crippen molar-refractivity contribution >= 4 is 5.69 Å². The van der Waals surface area contributed by atoms with Gasteiger partial charge in [-0.15, -0.1) is 0 Å². The Morgan fingerprint density at radius 3 is 2.35 bits per heavy atom. The first-order valence-electron chi connectivity index (χ1n) is 6.05. The van der Waals surface area contributed by atoms with Crippen molar-refractivity contribution in [2.24, 2.45) is 0 Å². The summed E-state index contributed by atoms with van der Waals surface area (Å²) in [6.07, 6.45) is -0.417. The molecule has 0 aliphatic rings. The molecule has 1 atom stereocenters. The average molecular weight is 240 g/mol. The number of halogens is 1. The van der Waals surface area contributed by atoms with Gasteiger partial charge in [-0.1, -0.05) is 13.8 Å². The van der Waals surface area contributed by atoms with Crippen molar-refractivity contribution in [2.45, 2.75) is 20.0 Å². The molecule has 0 saturated carbocycles. The molecule has 0 fully saturated rings. The third-order valence-electron chi connectivity index (χ3n) is 2.75. The number of benzene rings is 1. The Hall–Kier alpha value is -1.13. The lowest BCUT2D eigenvalue weighted by atomic mass is 10.2. The van der Waals surface area contributed by atoms with Crippen molar-refractivity contribution in [2.75, 3.05) is 31.5 Å². The number of likely N-dealkylation sites (N-methyl/N-ethyl adjacent to an activating group) is 1. The first-order valence-corrected chi connectivity index (χ1v) is 6.05. The molecule has 1 aromatic rings. The van der Waals surface area contributed by atoms with E-state index in [1.807, 2.05) is 0 Å². The van der Waals surface area contributed by atoms with E-state index in [2.05, 4.69) is 24.1 Å². The fourth-order valence-electron chi connectivity index (χ4n) is 1.65. The molecule has 0 heterocycles. The fourth-order valence-corrected chi connectivity index (χ4v) is 1.65. The average Bonchev–Trinajstić information content (AvgIpc) is 2.35. The second-order valence-electron chi connectivity index (χ2n) is 4.03. The van der Waals surface area contributed by atoms with Crippen LogP contribution in [0.15, 0.2) is 24.3 Å². The molecule has 1 aromatic carbocycles. The predicted octanol–water partition coefficient (Wildman–Crippen LogP) is 1.94. The Kier molecular flexibility index (Phi) is 5.94. The molecule has 0 radical (unpaired) electrons. The van der Waals surface area contributed by atoms with Crippen LogP contribution >= 0.6 is 0 Å². The topological polar surface area (TPSA) is 35.5 Å². The van der Waals surface area contributed by atoms with Gasteiger partial charge < -0.3 is 15.3 Å². The molecule has 17 heavy (non-hydrogen) atoms. The standard InChI is InChI=1S/C13H21FN2O/c1-3-16(4-2)10-13(17)9-15-12-7-5-11(14)6-8-12/h5-8,13,15,17H,3-4,9-10H2,1-2H3. The van der Waals surface area contributed by atoms with Crippen LogP contribution in [0, 0.1) is 5.82 Å². The fraction of sp³-hybridized carbons (Fsp3) is 0.538. The lowest BCUT2D eigenvalue weighted by Gasteiger charge is -2.22. The minimum Gasteiger partial charge on any atom is -0.390 e. The monoisotopic (exact) mass is 240 g/mol. The molecule has 96 valence electrons. The molecule has 0 amide bonds. The highest BCUT2D eigenvalue weighted by Gasteiger charge is 2.08. The maximum absolute atomic E-state index is 12.7. The normalized spacial score (nSPS) is 12.8. The molecule has 0 aliphatic heterocycles. The number of hydrogen-bond acceptors (Lipinski definition) is 3. The minimum atomic E-state index is -0.417. The van der Waals surface area contributed by atoms with Crippen LogP contribution in [-0.2, 0) is 0 Å². The van der Waals surface area contributed by atoms with Gasteiger partial charge in [0.1, 0.15) is 5.82 Å². The third-order valence-corrected chi connectivity index (χ3v) is 2.75. The van der Waals surface area contributed by atoms with Gasteiger partial charge in [-0.05, 0) is 37.4 Å². The zero-order valence-electron chi connectivity index (χ0n) is 10.5. The summed E-state index contributed by atoms with van der Waals surface area (Å²) in [7, 11) is 0. The summed E-state index contributed by atoms with van der Waals surface area (Å²) in [5, 5.41) is 12.9. The van der Waals surface area contributed by atoms with E-state index in [9.17, 15) is 9.50 Å². The quantitative estimate of drug-likeness (QED) is 0.764. The molecule has 3 nitrogen and oxygen atoms in total. The summed E-state index contributed by atoms with van der Waals surface area (Å²) >= 11 is 0. The van der Waals surface area contributed by atoms with E-state index in [0.717, 1.165) is 18.8 Å². The maximum Gasteiger partial charge on any atom is 0.123 e. The molecular weight excluding hydrogens is 219 g/mol. The van der Waals surface area contributed by atoms with Crippen LogP contribution in [0.25, 0.3) is 0 Å². The van der Waals surface area contributed by atoms with Crippen LogP contribution < -0.4 is 5.32 Å². The van der Waals surface area contributed by atoms with Gasteiger partial charge >= 0.3 is 0 Å². The van der Waals surface area contributed by atoms with Gasteiger partial charge in [0.05, 0.1) is 6.10 Å². The molecule has 1 unspecified atom stereocenters. The van der Waals surface area contributed by atoms with Crippen molar-refractivity contribution in [1.82, 2.24) is 4.90 Å². The number of aliphatic hydroxyl groups is 1. The smallest absolute Gasteiger partial charge is 0.123 e. The van der Waals surface area contributed by atoms with Gasteiger partial charge in [-0.25, -0.2) is 4.39 Å². The van der Waals surface area contributed by atoms with Crippen LogP contribution in [-0.4, -0.2) is 42.3 Å². The Morgan fingerprint density at radius 2 is 1.82 bits per heavy atom. The van der Waals surface area contributed by atoms with E-state index >= 15 is 0 Å². The zero-order chi connectivity index (χ0) is 12.7. The van der Waals surface area contributed by atoms with Crippen molar-refractivity contribution in [3.63, 3.8) is 0 Å². The van der Waals surface area contributed by atoms with E-state index < -0.39 is 6.10 Å². The molecule has 0 saturated heterocycles. The van der Waals surface area contributed by atoms with E-state index in [1.54, 1.807) is 12.1 Å². The molecule has 0 spiro atoms. The lowest BCUT2D eigenvalue weighted by Crippen LogP contribution is -2.35. The van der Waals surface area contributed by atoms with Crippen molar-refractivity contribution < 1.29 is 9.50 Å². The first kappa shape index (κ1) is 13.9. The van der Waals surface area contributed by atoms with Crippen molar-refractivity contribution in [3.8, 4) is 0 Å². The zero-order valence-corrected chi connectivity index (χ0v) is 10.5. The number of rotatable bonds is 7. The van der Waals surface area contributed by atoms with E-state index in [4.69, 9.17) is 0 Å². The molecule has 0 aromatic heterocycles. The molecule has 1 rings (SSSR count). The second kappa shape index (κ2) is 7.25. The largest absolute Gasteiger partial charge is 0.390 e. The van der Waals surface area contributed by atoms with E-state index in [-0.39, 0.29) is 5.82 Å². The van der Waals surface area contributed by atoms with Crippen LogP contribution in [0.5, 0.6) is 0 Å². The van der Waals surface area contributed by atoms with Crippen molar-refractivity contribution in [1.29, 1.82) is 0 Å². The molecule has 2 N–H and O–H groups in total. The van der Waals surface area contributed by atoms with E-state index in [0.29, 0.717) is 13.1 Å². The maximum atomic E-state index is 12.7.